The van der Waals surface area contributed by atoms with Crippen molar-refractivity contribution >= 4 is 21.9 Å². The van der Waals surface area contributed by atoms with Gasteiger partial charge in [0, 0.05) is 12.6 Å². The van der Waals surface area contributed by atoms with E-state index in [-0.39, 0.29) is 0 Å². The van der Waals surface area contributed by atoms with Crippen LogP contribution in [-0.2, 0) is 7.05 Å². The average molecular weight is 310 g/mol. The molecule has 0 bridgehead atoms. The molecule has 0 fully saturated rings. The minimum absolute atomic E-state index is 0.491. The van der Waals surface area contributed by atoms with Gasteiger partial charge in [-0.15, -0.1) is 0 Å². The lowest BCUT2D eigenvalue weighted by Gasteiger charge is -2.11. The third-order valence-corrected chi connectivity index (χ3v) is 4.18. The van der Waals surface area contributed by atoms with Gasteiger partial charge < -0.3 is 15.0 Å². The molecule has 18 heavy (non-hydrogen) atoms. The first-order valence-electron chi connectivity index (χ1n) is 5.59. The Morgan fingerprint density at radius 2 is 1.94 bits per heavy atom. The predicted octanol–water partition coefficient (Wildman–Crippen LogP) is 3.06. The summed E-state index contributed by atoms with van der Waals surface area (Å²) in [5.74, 6) is 1.38. The quantitative estimate of drug-likeness (QED) is 0.927. The number of rotatable bonds is 2. The fourth-order valence-corrected chi connectivity index (χ4v) is 2.42. The predicted molar refractivity (Wildman–Crippen MR) is 76.8 cm³/mol. The van der Waals surface area contributed by atoms with E-state index in [0.29, 0.717) is 5.95 Å². The van der Waals surface area contributed by atoms with Gasteiger partial charge in [0.2, 0.25) is 5.95 Å². The van der Waals surface area contributed by atoms with E-state index in [2.05, 4.69) is 27.8 Å². The van der Waals surface area contributed by atoms with Crippen molar-refractivity contribution in [2.75, 3.05) is 12.8 Å². The first-order valence-corrected chi connectivity index (χ1v) is 6.39. The van der Waals surface area contributed by atoms with Crippen LogP contribution in [0.5, 0.6) is 5.75 Å². The highest BCUT2D eigenvalue weighted by atomic mass is 79.9. The first kappa shape index (κ1) is 13.0. The summed E-state index contributed by atoms with van der Waals surface area (Å²) in [5.41, 5.74) is 10.0. The maximum absolute atomic E-state index is 5.82. The molecule has 0 saturated carbocycles. The largest absolute Gasteiger partial charge is 0.496 e. The SMILES string of the molecule is COc1ccc(-c2nc(N)n(C)c2Br)c(C)c1C. The second kappa shape index (κ2) is 4.65. The molecule has 2 rings (SSSR count). The molecule has 0 unspecified atom stereocenters. The van der Waals surface area contributed by atoms with Crippen LogP contribution in [0.15, 0.2) is 16.7 Å². The summed E-state index contributed by atoms with van der Waals surface area (Å²) in [6.45, 7) is 4.10. The summed E-state index contributed by atoms with van der Waals surface area (Å²) in [7, 11) is 3.55. The Kier molecular flexibility index (Phi) is 3.34. The summed E-state index contributed by atoms with van der Waals surface area (Å²) in [5, 5.41) is 0. The number of nitrogens with zero attached hydrogens (tertiary/aromatic N) is 2. The minimum atomic E-state index is 0.491. The molecular weight excluding hydrogens is 294 g/mol. The zero-order valence-corrected chi connectivity index (χ0v) is 12.5. The average Bonchev–Trinajstić information content (AvgIpc) is 2.60. The van der Waals surface area contributed by atoms with E-state index < -0.39 is 0 Å². The molecule has 1 aromatic heterocycles. The van der Waals surface area contributed by atoms with E-state index in [1.807, 2.05) is 30.7 Å². The second-order valence-corrected chi connectivity index (χ2v) is 4.98. The molecule has 5 heteroatoms. The lowest BCUT2D eigenvalue weighted by atomic mass is 10.0. The Labute approximate surface area is 115 Å². The van der Waals surface area contributed by atoms with E-state index in [1.165, 1.54) is 0 Å². The van der Waals surface area contributed by atoms with Gasteiger partial charge in [0.1, 0.15) is 16.0 Å². The molecule has 1 heterocycles. The van der Waals surface area contributed by atoms with Crippen molar-refractivity contribution in [3.8, 4) is 17.0 Å². The molecule has 0 aliphatic carbocycles. The normalized spacial score (nSPS) is 10.7. The Hall–Kier alpha value is -1.49. The van der Waals surface area contributed by atoms with E-state index in [1.54, 1.807) is 7.11 Å². The van der Waals surface area contributed by atoms with Gasteiger partial charge in [-0.1, -0.05) is 0 Å². The highest BCUT2D eigenvalue weighted by molar-refractivity contribution is 9.10. The Balaban J connectivity index is 2.65. The van der Waals surface area contributed by atoms with Gasteiger partial charge in [-0.2, -0.15) is 0 Å². The van der Waals surface area contributed by atoms with E-state index in [0.717, 1.165) is 32.7 Å². The molecule has 0 aliphatic rings. The van der Waals surface area contributed by atoms with Gasteiger partial charge in [-0.25, -0.2) is 4.98 Å². The van der Waals surface area contributed by atoms with Crippen LogP contribution in [0.4, 0.5) is 5.95 Å². The number of anilines is 1. The van der Waals surface area contributed by atoms with Crippen LogP contribution in [0.2, 0.25) is 0 Å². The lowest BCUT2D eigenvalue weighted by Crippen LogP contribution is -1.96. The first-order chi connectivity index (χ1) is 8.47. The number of imidazole rings is 1. The van der Waals surface area contributed by atoms with Crippen molar-refractivity contribution < 1.29 is 4.74 Å². The van der Waals surface area contributed by atoms with Crippen LogP contribution >= 0.6 is 15.9 Å². The van der Waals surface area contributed by atoms with Gasteiger partial charge in [0.15, 0.2) is 0 Å². The fraction of sp³-hybridized carbons (Fsp3) is 0.308. The minimum Gasteiger partial charge on any atom is -0.496 e. The molecule has 4 nitrogen and oxygen atoms in total. The maximum atomic E-state index is 5.82. The smallest absolute Gasteiger partial charge is 0.201 e. The lowest BCUT2D eigenvalue weighted by molar-refractivity contribution is 0.411. The summed E-state index contributed by atoms with van der Waals surface area (Å²) < 4.78 is 8.01. The van der Waals surface area contributed by atoms with Gasteiger partial charge in [-0.3, -0.25) is 0 Å². The van der Waals surface area contributed by atoms with Crippen molar-refractivity contribution in [3.63, 3.8) is 0 Å². The molecular formula is C13H16BrN3O. The number of halogens is 1. The number of ether oxygens (including phenoxy) is 1. The number of benzene rings is 1. The molecule has 0 aliphatic heterocycles. The fourth-order valence-electron chi connectivity index (χ4n) is 1.94. The van der Waals surface area contributed by atoms with Crippen molar-refractivity contribution in [3.05, 3.63) is 27.9 Å². The summed E-state index contributed by atoms with van der Waals surface area (Å²) >= 11 is 3.52. The molecule has 2 N–H and O–H groups in total. The molecule has 0 amide bonds. The third kappa shape index (κ3) is 1.88. The van der Waals surface area contributed by atoms with E-state index in [9.17, 15) is 0 Å². The number of methoxy groups -OCH3 is 1. The Bertz CT molecular complexity index is 605. The third-order valence-electron chi connectivity index (χ3n) is 3.27. The van der Waals surface area contributed by atoms with Gasteiger partial charge in [0.25, 0.3) is 0 Å². The summed E-state index contributed by atoms with van der Waals surface area (Å²) in [4.78, 5) is 4.39. The van der Waals surface area contributed by atoms with E-state index in [4.69, 9.17) is 10.5 Å². The zero-order valence-electron chi connectivity index (χ0n) is 10.9. The molecule has 2 aromatic rings. The number of hydrogen-bond acceptors (Lipinski definition) is 3. The van der Waals surface area contributed by atoms with Crippen LogP contribution in [0.25, 0.3) is 11.3 Å². The topological polar surface area (TPSA) is 53.1 Å². The molecule has 96 valence electrons. The molecule has 0 atom stereocenters. The van der Waals surface area contributed by atoms with Gasteiger partial charge >= 0.3 is 0 Å². The number of nitrogen functional groups attached to an aromatic ring is 1. The number of nitrogens with two attached hydrogens (primary N) is 1. The second-order valence-electron chi connectivity index (χ2n) is 4.23. The van der Waals surface area contributed by atoms with Crippen LogP contribution in [0, 0.1) is 13.8 Å². The molecule has 0 saturated heterocycles. The summed E-state index contributed by atoms with van der Waals surface area (Å²) in [6.07, 6.45) is 0. The van der Waals surface area contributed by atoms with Gasteiger partial charge in [-0.05, 0) is 53.0 Å². The standard InChI is InChI=1S/C13H16BrN3O/c1-7-8(2)10(18-4)6-5-9(7)11-12(14)17(3)13(15)16-11/h5-6H,1-4H3,(H2,15,16). The maximum Gasteiger partial charge on any atom is 0.201 e. The van der Waals surface area contributed by atoms with Crippen LogP contribution in [0.3, 0.4) is 0 Å². The van der Waals surface area contributed by atoms with Crippen molar-refractivity contribution in [2.24, 2.45) is 7.05 Å². The van der Waals surface area contributed by atoms with Gasteiger partial charge in [0.05, 0.1) is 7.11 Å². The molecule has 0 spiro atoms. The summed E-state index contributed by atoms with van der Waals surface area (Å²) in [6, 6.07) is 3.96. The van der Waals surface area contributed by atoms with E-state index >= 15 is 0 Å². The van der Waals surface area contributed by atoms with Crippen molar-refractivity contribution in [2.45, 2.75) is 13.8 Å². The Morgan fingerprint density at radius 1 is 1.28 bits per heavy atom. The molecule has 0 radical (unpaired) electrons. The van der Waals surface area contributed by atoms with Crippen LogP contribution in [-0.4, -0.2) is 16.7 Å². The van der Waals surface area contributed by atoms with Crippen molar-refractivity contribution in [1.29, 1.82) is 0 Å². The van der Waals surface area contributed by atoms with Crippen molar-refractivity contribution in [1.82, 2.24) is 9.55 Å². The Morgan fingerprint density at radius 3 is 2.44 bits per heavy atom. The number of hydrogen-bond donors (Lipinski definition) is 1. The highest BCUT2D eigenvalue weighted by Crippen LogP contribution is 2.35. The zero-order chi connectivity index (χ0) is 13.4. The molecule has 1 aromatic carbocycles. The number of aromatic nitrogens is 2. The highest BCUT2D eigenvalue weighted by Gasteiger charge is 2.16. The van der Waals surface area contributed by atoms with Crippen LogP contribution < -0.4 is 10.5 Å². The monoisotopic (exact) mass is 309 g/mol. The van der Waals surface area contributed by atoms with Crippen LogP contribution in [0.1, 0.15) is 11.1 Å².